The van der Waals surface area contributed by atoms with Crippen LogP contribution in [-0.4, -0.2) is 16.2 Å². The van der Waals surface area contributed by atoms with Gasteiger partial charge in [-0.25, -0.2) is 0 Å². The molecule has 2 aromatic carbocycles. The Kier molecular flexibility index (Phi) is 3.81. The predicted molar refractivity (Wildman–Crippen MR) is 85.5 cm³/mol. The quantitative estimate of drug-likeness (QED) is 0.750. The zero-order valence-corrected chi connectivity index (χ0v) is 13.1. The standard InChI is InChI=1S/C16H11Cl2NO3/c1-8-4-9(6-14(20)21)15-12(5-8)16(22-19-15)11-3-2-10(17)7-13(11)18/h2-5,7H,6H2,1H3,(H,20,21). The highest BCUT2D eigenvalue weighted by molar-refractivity contribution is 6.36. The second kappa shape index (κ2) is 5.63. The third kappa shape index (κ3) is 2.67. The van der Waals surface area contributed by atoms with Crippen LogP contribution >= 0.6 is 23.2 Å². The Labute approximate surface area is 136 Å². The molecule has 0 spiro atoms. The Bertz CT molecular complexity index is 886. The molecule has 0 atom stereocenters. The number of fused-ring (bicyclic) bond motifs is 1. The summed E-state index contributed by atoms with van der Waals surface area (Å²) in [5, 5.41) is 14.8. The van der Waals surface area contributed by atoms with E-state index in [4.69, 9.17) is 32.8 Å². The van der Waals surface area contributed by atoms with Crippen molar-refractivity contribution in [3.8, 4) is 11.3 Å². The summed E-state index contributed by atoms with van der Waals surface area (Å²) >= 11 is 12.1. The first-order valence-electron chi connectivity index (χ1n) is 6.52. The number of aromatic nitrogens is 1. The Morgan fingerprint density at radius 3 is 2.73 bits per heavy atom. The van der Waals surface area contributed by atoms with E-state index in [1.807, 2.05) is 13.0 Å². The summed E-state index contributed by atoms with van der Waals surface area (Å²) in [6.45, 7) is 1.89. The lowest BCUT2D eigenvalue weighted by Gasteiger charge is -2.03. The number of carboxylic acids is 1. The number of nitrogens with zero attached hydrogens (tertiary/aromatic N) is 1. The zero-order chi connectivity index (χ0) is 15.9. The van der Waals surface area contributed by atoms with Gasteiger partial charge in [-0.3, -0.25) is 4.79 Å². The lowest BCUT2D eigenvalue weighted by atomic mass is 10.0. The van der Waals surface area contributed by atoms with E-state index >= 15 is 0 Å². The van der Waals surface area contributed by atoms with Crippen LogP contribution in [0.15, 0.2) is 34.9 Å². The number of carbonyl (C=O) groups is 1. The molecule has 6 heteroatoms. The first kappa shape index (κ1) is 14.9. The first-order valence-corrected chi connectivity index (χ1v) is 7.27. The summed E-state index contributed by atoms with van der Waals surface area (Å²) in [6, 6.07) is 8.79. The molecule has 112 valence electrons. The molecular weight excluding hydrogens is 325 g/mol. The van der Waals surface area contributed by atoms with Gasteiger partial charge >= 0.3 is 5.97 Å². The van der Waals surface area contributed by atoms with Crippen molar-refractivity contribution in [3.05, 3.63) is 51.5 Å². The second-order valence-electron chi connectivity index (χ2n) is 5.03. The van der Waals surface area contributed by atoms with Crippen LogP contribution in [-0.2, 0) is 11.2 Å². The van der Waals surface area contributed by atoms with Crippen molar-refractivity contribution in [1.82, 2.24) is 5.16 Å². The largest absolute Gasteiger partial charge is 0.481 e. The Morgan fingerprint density at radius 2 is 2.05 bits per heavy atom. The maximum atomic E-state index is 11.0. The summed E-state index contributed by atoms with van der Waals surface area (Å²) in [6.07, 6.45) is -0.113. The molecule has 4 nitrogen and oxygen atoms in total. The highest BCUT2D eigenvalue weighted by Gasteiger charge is 2.18. The number of hydrogen-bond acceptors (Lipinski definition) is 3. The Hall–Kier alpha value is -2.04. The Morgan fingerprint density at radius 1 is 1.27 bits per heavy atom. The number of halogens is 2. The molecule has 1 N–H and O–H groups in total. The minimum absolute atomic E-state index is 0.113. The molecule has 3 rings (SSSR count). The van der Waals surface area contributed by atoms with Gasteiger partial charge in [-0.15, -0.1) is 0 Å². The minimum atomic E-state index is -0.916. The normalized spacial score (nSPS) is 11.0. The average Bonchev–Trinajstić information content (AvgIpc) is 2.82. The molecule has 0 aliphatic carbocycles. The van der Waals surface area contributed by atoms with Crippen LogP contribution in [0.2, 0.25) is 10.0 Å². The first-order chi connectivity index (χ1) is 10.5. The molecule has 0 bridgehead atoms. The van der Waals surface area contributed by atoms with Gasteiger partial charge in [-0.05, 0) is 42.3 Å². The van der Waals surface area contributed by atoms with E-state index in [1.54, 1.807) is 24.3 Å². The molecule has 22 heavy (non-hydrogen) atoms. The smallest absolute Gasteiger partial charge is 0.307 e. The summed E-state index contributed by atoms with van der Waals surface area (Å²) in [7, 11) is 0. The molecule has 0 aliphatic heterocycles. The van der Waals surface area contributed by atoms with Gasteiger partial charge in [0.1, 0.15) is 5.52 Å². The lowest BCUT2D eigenvalue weighted by Crippen LogP contribution is -2.01. The number of hydrogen-bond donors (Lipinski definition) is 1. The van der Waals surface area contributed by atoms with E-state index in [0.717, 1.165) is 10.9 Å². The molecule has 3 aromatic rings. The number of aryl methyl sites for hydroxylation is 1. The molecule has 0 saturated carbocycles. The lowest BCUT2D eigenvalue weighted by molar-refractivity contribution is -0.136. The second-order valence-corrected chi connectivity index (χ2v) is 5.87. The number of rotatable bonds is 3. The SMILES string of the molecule is Cc1cc(CC(=O)O)c2noc(-c3ccc(Cl)cc3Cl)c2c1. The van der Waals surface area contributed by atoms with E-state index in [9.17, 15) is 4.79 Å². The molecular formula is C16H11Cl2NO3. The fraction of sp³-hybridized carbons (Fsp3) is 0.125. The van der Waals surface area contributed by atoms with Crippen molar-refractivity contribution in [3.63, 3.8) is 0 Å². The average molecular weight is 336 g/mol. The summed E-state index contributed by atoms with van der Waals surface area (Å²) < 4.78 is 5.43. The molecule has 0 aliphatic rings. The van der Waals surface area contributed by atoms with Gasteiger partial charge in [0.2, 0.25) is 0 Å². The van der Waals surface area contributed by atoms with E-state index in [0.29, 0.717) is 32.4 Å². The van der Waals surface area contributed by atoms with E-state index in [-0.39, 0.29) is 6.42 Å². The third-order valence-electron chi connectivity index (χ3n) is 3.32. The van der Waals surface area contributed by atoms with E-state index < -0.39 is 5.97 Å². The highest BCUT2D eigenvalue weighted by atomic mass is 35.5. The fourth-order valence-corrected chi connectivity index (χ4v) is 2.94. The minimum Gasteiger partial charge on any atom is -0.481 e. The van der Waals surface area contributed by atoms with Crippen LogP contribution in [0.4, 0.5) is 0 Å². The summed E-state index contributed by atoms with van der Waals surface area (Å²) in [4.78, 5) is 11.0. The van der Waals surface area contributed by atoms with Crippen molar-refractivity contribution in [2.24, 2.45) is 0 Å². The molecule has 1 aromatic heterocycles. The van der Waals surface area contributed by atoms with Crippen LogP contribution in [0.3, 0.4) is 0 Å². The van der Waals surface area contributed by atoms with Crippen LogP contribution < -0.4 is 0 Å². The van der Waals surface area contributed by atoms with Gasteiger partial charge < -0.3 is 9.63 Å². The van der Waals surface area contributed by atoms with Crippen molar-refractivity contribution in [1.29, 1.82) is 0 Å². The van der Waals surface area contributed by atoms with Crippen molar-refractivity contribution in [2.45, 2.75) is 13.3 Å². The number of carboxylic acid groups (broad SMARTS) is 1. The van der Waals surface area contributed by atoms with Gasteiger partial charge in [-0.2, -0.15) is 0 Å². The summed E-state index contributed by atoms with van der Waals surface area (Å²) in [5.74, 6) is -0.409. The van der Waals surface area contributed by atoms with Gasteiger partial charge in [0.05, 0.1) is 16.8 Å². The monoisotopic (exact) mass is 335 g/mol. The van der Waals surface area contributed by atoms with E-state index in [1.165, 1.54) is 0 Å². The van der Waals surface area contributed by atoms with Crippen LogP contribution in [0, 0.1) is 6.92 Å². The molecule has 0 radical (unpaired) electrons. The zero-order valence-electron chi connectivity index (χ0n) is 11.6. The fourth-order valence-electron chi connectivity index (χ4n) is 2.44. The molecule has 0 amide bonds. The maximum absolute atomic E-state index is 11.0. The molecule has 0 unspecified atom stereocenters. The highest BCUT2D eigenvalue weighted by Crippen LogP contribution is 2.36. The van der Waals surface area contributed by atoms with Gasteiger partial charge in [0.15, 0.2) is 5.76 Å². The molecule has 0 saturated heterocycles. The van der Waals surface area contributed by atoms with Gasteiger partial charge in [-0.1, -0.05) is 34.4 Å². The van der Waals surface area contributed by atoms with Crippen molar-refractivity contribution in [2.75, 3.05) is 0 Å². The Balaban J connectivity index is 2.24. The summed E-state index contributed by atoms with van der Waals surface area (Å²) in [5.41, 5.74) is 2.75. The van der Waals surface area contributed by atoms with Crippen LogP contribution in [0.25, 0.3) is 22.2 Å². The topological polar surface area (TPSA) is 63.3 Å². The van der Waals surface area contributed by atoms with Crippen molar-refractivity contribution >= 4 is 40.1 Å². The van der Waals surface area contributed by atoms with Crippen LogP contribution in [0.5, 0.6) is 0 Å². The maximum Gasteiger partial charge on any atom is 0.307 e. The van der Waals surface area contributed by atoms with Crippen LogP contribution in [0.1, 0.15) is 11.1 Å². The number of aliphatic carboxylic acids is 1. The molecule has 1 heterocycles. The van der Waals surface area contributed by atoms with Gasteiger partial charge in [0.25, 0.3) is 0 Å². The van der Waals surface area contributed by atoms with Crippen molar-refractivity contribution < 1.29 is 14.4 Å². The third-order valence-corrected chi connectivity index (χ3v) is 3.87. The number of benzene rings is 2. The van der Waals surface area contributed by atoms with Gasteiger partial charge in [0, 0.05) is 10.6 Å². The predicted octanol–water partition coefficient (Wildman–Crippen LogP) is 4.74. The van der Waals surface area contributed by atoms with E-state index in [2.05, 4.69) is 5.16 Å². The molecule has 0 fully saturated rings.